The van der Waals surface area contributed by atoms with Gasteiger partial charge in [-0.1, -0.05) is 11.6 Å². The lowest BCUT2D eigenvalue weighted by atomic mass is 10.1. The Kier molecular flexibility index (Phi) is 5.79. The topological polar surface area (TPSA) is 47.6 Å². The minimum absolute atomic E-state index is 0.246. The number of anilines is 1. The van der Waals surface area contributed by atoms with Gasteiger partial charge >= 0.3 is 6.36 Å². The Morgan fingerprint density at radius 2 is 1.68 bits per heavy atom. The molecule has 0 saturated carbocycles. The van der Waals surface area contributed by atoms with Crippen LogP contribution in [-0.2, 0) is 4.79 Å². The number of carbonyl (C=O) groups is 1. The van der Waals surface area contributed by atoms with Crippen molar-refractivity contribution >= 4 is 23.2 Å². The lowest BCUT2D eigenvalue weighted by Gasteiger charge is -2.13. The molecule has 0 unspecified atom stereocenters. The van der Waals surface area contributed by atoms with Crippen molar-refractivity contribution in [3.05, 3.63) is 52.5 Å². The number of nitrogens with one attached hydrogen (secondary N) is 1. The zero-order chi connectivity index (χ0) is 18.6. The predicted octanol–water partition coefficient (Wildman–Crippen LogP) is 4.87. The summed E-state index contributed by atoms with van der Waals surface area (Å²) in [6.45, 7) is 3.38. The van der Waals surface area contributed by atoms with E-state index in [-0.39, 0.29) is 12.4 Å². The number of aryl methyl sites for hydroxylation is 2. The van der Waals surface area contributed by atoms with E-state index in [1.165, 1.54) is 12.1 Å². The van der Waals surface area contributed by atoms with Crippen LogP contribution in [0.3, 0.4) is 0 Å². The average Bonchev–Trinajstić information content (AvgIpc) is 2.46. The van der Waals surface area contributed by atoms with Crippen molar-refractivity contribution < 1.29 is 27.4 Å². The van der Waals surface area contributed by atoms with Crippen LogP contribution in [0, 0.1) is 13.8 Å². The standard InChI is InChI=1S/C17H15ClF3NO3/c1-10-7-12(18)8-11(2)16(10)24-9-15(23)22-13-3-5-14(6-4-13)25-17(19,20)21/h3-8H,9H2,1-2H3,(H,22,23). The lowest BCUT2D eigenvalue weighted by molar-refractivity contribution is -0.274. The van der Waals surface area contributed by atoms with Gasteiger partial charge in [-0.2, -0.15) is 0 Å². The number of halogens is 4. The molecule has 2 rings (SSSR count). The van der Waals surface area contributed by atoms with Crippen LogP contribution in [0.1, 0.15) is 11.1 Å². The minimum Gasteiger partial charge on any atom is -0.483 e. The summed E-state index contributed by atoms with van der Waals surface area (Å²) in [5.74, 6) is -0.249. The molecular weight excluding hydrogens is 359 g/mol. The first-order valence-corrected chi connectivity index (χ1v) is 7.57. The first kappa shape index (κ1) is 18.9. The van der Waals surface area contributed by atoms with Crippen LogP contribution in [0.25, 0.3) is 0 Å². The molecule has 1 amide bonds. The van der Waals surface area contributed by atoms with Crippen LogP contribution < -0.4 is 14.8 Å². The average molecular weight is 374 g/mol. The van der Waals surface area contributed by atoms with Crippen LogP contribution in [0.15, 0.2) is 36.4 Å². The predicted molar refractivity (Wildman–Crippen MR) is 88.2 cm³/mol. The second kappa shape index (κ2) is 7.65. The van der Waals surface area contributed by atoms with E-state index in [1.54, 1.807) is 12.1 Å². The molecule has 2 aromatic carbocycles. The molecule has 0 spiro atoms. The Labute approximate surface area is 147 Å². The molecule has 2 aromatic rings. The van der Waals surface area contributed by atoms with Gasteiger partial charge in [0.25, 0.3) is 5.91 Å². The second-order valence-corrected chi connectivity index (χ2v) is 5.71. The highest BCUT2D eigenvalue weighted by atomic mass is 35.5. The van der Waals surface area contributed by atoms with Gasteiger partial charge in [-0.3, -0.25) is 4.79 Å². The van der Waals surface area contributed by atoms with Crippen LogP contribution in [0.2, 0.25) is 5.02 Å². The molecule has 0 aromatic heterocycles. The highest BCUT2D eigenvalue weighted by Gasteiger charge is 2.30. The summed E-state index contributed by atoms with van der Waals surface area (Å²) in [6.07, 6.45) is -4.76. The largest absolute Gasteiger partial charge is 0.573 e. The maximum absolute atomic E-state index is 12.1. The van der Waals surface area contributed by atoms with Crippen molar-refractivity contribution in [1.29, 1.82) is 0 Å². The first-order valence-electron chi connectivity index (χ1n) is 7.19. The second-order valence-electron chi connectivity index (χ2n) is 5.28. The summed E-state index contributed by atoms with van der Waals surface area (Å²) in [5.41, 5.74) is 1.92. The molecule has 0 aliphatic rings. The smallest absolute Gasteiger partial charge is 0.483 e. The Hall–Kier alpha value is -2.41. The summed E-state index contributed by atoms with van der Waals surface area (Å²) >= 11 is 5.93. The summed E-state index contributed by atoms with van der Waals surface area (Å²) in [6, 6.07) is 8.27. The van der Waals surface area contributed by atoms with Crippen molar-refractivity contribution in [1.82, 2.24) is 0 Å². The molecular formula is C17H15ClF3NO3. The van der Waals surface area contributed by atoms with Gasteiger partial charge in [-0.25, -0.2) is 0 Å². The van der Waals surface area contributed by atoms with E-state index < -0.39 is 12.3 Å². The fraction of sp³-hybridized carbons (Fsp3) is 0.235. The maximum atomic E-state index is 12.1. The lowest BCUT2D eigenvalue weighted by Crippen LogP contribution is -2.21. The molecule has 0 atom stereocenters. The van der Waals surface area contributed by atoms with Gasteiger partial charge in [-0.05, 0) is 61.4 Å². The van der Waals surface area contributed by atoms with E-state index in [1.807, 2.05) is 13.8 Å². The molecule has 0 bridgehead atoms. The van der Waals surface area contributed by atoms with Crippen LogP contribution in [0.5, 0.6) is 11.5 Å². The summed E-state index contributed by atoms with van der Waals surface area (Å²) in [5, 5.41) is 3.10. The first-order chi connectivity index (χ1) is 11.6. The number of rotatable bonds is 5. The third-order valence-electron chi connectivity index (χ3n) is 3.14. The van der Waals surface area contributed by atoms with E-state index in [9.17, 15) is 18.0 Å². The van der Waals surface area contributed by atoms with E-state index in [0.717, 1.165) is 23.3 Å². The summed E-state index contributed by atoms with van der Waals surface area (Å²) in [4.78, 5) is 11.9. The summed E-state index contributed by atoms with van der Waals surface area (Å²) < 4.78 is 45.5. The van der Waals surface area contributed by atoms with E-state index in [4.69, 9.17) is 16.3 Å². The number of hydrogen-bond acceptors (Lipinski definition) is 3. The molecule has 8 heteroatoms. The number of ether oxygens (including phenoxy) is 2. The van der Waals surface area contributed by atoms with Crippen LogP contribution in [-0.4, -0.2) is 18.9 Å². The van der Waals surface area contributed by atoms with Crippen molar-refractivity contribution in [2.45, 2.75) is 20.2 Å². The quantitative estimate of drug-likeness (QED) is 0.813. The highest BCUT2D eigenvalue weighted by Crippen LogP contribution is 2.27. The van der Waals surface area contributed by atoms with Crippen molar-refractivity contribution in [3.63, 3.8) is 0 Å². The normalized spacial score (nSPS) is 11.1. The molecule has 25 heavy (non-hydrogen) atoms. The number of hydrogen-bond donors (Lipinski definition) is 1. The minimum atomic E-state index is -4.76. The fourth-order valence-corrected chi connectivity index (χ4v) is 2.53. The Morgan fingerprint density at radius 1 is 1.12 bits per heavy atom. The van der Waals surface area contributed by atoms with E-state index in [2.05, 4.69) is 10.1 Å². The van der Waals surface area contributed by atoms with Gasteiger partial charge in [-0.15, -0.1) is 13.2 Å². The fourth-order valence-electron chi connectivity index (χ4n) is 2.20. The monoisotopic (exact) mass is 373 g/mol. The van der Waals surface area contributed by atoms with Crippen LogP contribution >= 0.6 is 11.6 Å². The Morgan fingerprint density at radius 3 is 2.20 bits per heavy atom. The molecule has 0 radical (unpaired) electrons. The van der Waals surface area contributed by atoms with E-state index in [0.29, 0.717) is 16.5 Å². The van der Waals surface area contributed by atoms with E-state index >= 15 is 0 Å². The van der Waals surface area contributed by atoms with Crippen molar-refractivity contribution in [2.24, 2.45) is 0 Å². The van der Waals surface area contributed by atoms with Gasteiger partial charge in [0.05, 0.1) is 0 Å². The third-order valence-corrected chi connectivity index (χ3v) is 3.36. The zero-order valence-electron chi connectivity index (χ0n) is 13.4. The maximum Gasteiger partial charge on any atom is 0.573 e. The van der Waals surface area contributed by atoms with Gasteiger partial charge < -0.3 is 14.8 Å². The van der Waals surface area contributed by atoms with Crippen molar-refractivity contribution in [2.75, 3.05) is 11.9 Å². The molecule has 134 valence electrons. The van der Waals surface area contributed by atoms with Gasteiger partial charge in [0, 0.05) is 10.7 Å². The molecule has 0 saturated heterocycles. The number of carbonyl (C=O) groups excluding carboxylic acids is 1. The van der Waals surface area contributed by atoms with Crippen LogP contribution in [0.4, 0.5) is 18.9 Å². The molecule has 0 heterocycles. The molecule has 1 N–H and O–H groups in total. The van der Waals surface area contributed by atoms with Crippen molar-refractivity contribution in [3.8, 4) is 11.5 Å². The molecule has 0 aliphatic carbocycles. The van der Waals surface area contributed by atoms with Gasteiger partial charge in [0.2, 0.25) is 0 Å². The highest BCUT2D eigenvalue weighted by molar-refractivity contribution is 6.30. The molecule has 0 aliphatic heterocycles. The number of alkyl halides is 3. The summed E-state index contributed by atoms with van der Waals surface area (Å²) in [7, 11) is 0. The number of amides is 1. The zero-order valence-corrected chi connectivity index (χ0v) is 14.2. The Bertz CT molecular complexity index is 738. The van der Waals surface area contributed by atoms with Gasteiger partial charge in [0.15, 0.2) is 6.61 Å². The third kappa shape index (κ3) is 5.86. The number of benzene rings is 2. The molecule has 0 fully saturated rings. The molecule has 4 nitrogen and oxygen atoms in total. The van der Waals surface area contributed by atoms with Gasteiger partial charge in [0.1, 0.15) is 11.5 Å². The SMILES string of the molecule is Cc1cc(Cl)cc(C)c1OCC(=O)Nc1ccc(OC(F)(F)F)cc1. The Balaban J connectivity index is 1.92.